The Bertz CT molecular complexity index is 707. The Kier molecular flexibility index (Phi) is 5.93. The Balaban J connectivity index is 1.58. The molecule has 5 heteroatoms. The number of hydrogen-bond acceptors (Lipinski definition) is 3. The van der Waals surface area contributed by atoms with Crippen LogP contribution in [-0.2, 0) is 0 Å². The molecule has 1 saturated heterocycles. The zero-order valence-electron chi connectivity index (χ0n) is 14.0. The summed E-state index contributed by atoms with van der Waals surface area (Å²) >= 11 is 7.78. The van der Waals surface area contributed by atoms with Gasteiger partial charge in [-0.3, -0.25) is 4.79 Å². The summed E-state index contributed by atoms with van der Waals surface area (Å²) in [6.07, 6.45) is 3.63. The highest BCUT2D eigenvalue weighted by Crippen LogP contribution is 2.35. The van der Waals surface area contributed by atoms with Crippen LogP contribution in [-0.4, -0.2) is 37.0 Å². The van der Waals surface area contributed by atoms with Crippen molar-refractivity contribution in [2.75, 3.05) is 26.2 Å². The number of rotatable bonds is 6. The van der Waals surface area contributed by atoms with Gasteiger partial charge in [-0.05, 0) is 63.5 Å². The van der Waals surface area contributed by atoms with Gasteiger partial charge in [-0.15, -0.1) is 11.3 Å². The summed E-state index contributed by atoms with van der Waals surface area (Å²) in [5.41, 5.74) is 1.99. The van der Waals surface area contributed by atoms with Crippen LogP contribution in [0.4, 0.5) is 0 Å². The fourth-order valence-corrected chi connectivity index (χ4v) is 4.51. The Morgan fingerprint density at radius 1 is 1.29 bits per heavy atom. The van der Waals surface area contributed by atoms with E-state index in [4.69, 9.17) is 11.6 Å². The first kappa shape index (κ1) is 17.5. The van der Waals surface area contributed by atoms with E-state index in [-0.39, 0.29) is 5.91 Å². The van der Waals surface area contributed by atoms with Gasteiger partial charge in [-0.25, -0.2) is 0 Å². The fourth-order valence-electron chi connectivity index (χ4n) is 3.09. The molecule has 0 saturated carbocycles. The number of benzene rings is 1. The van der Waals surface area contributed by atoms with Gasteiger partial charge in [0.2, 0.25) is 0 Å². The van der Waals surface area contributed by atoms with Crippen molar-refractivity contribution in [3.05, 3.63) is 45.8 Å². The molecule has 1 aromatic heterocycles. The van der Waals surface area contributed by atoms with E-state index in [0.29, 0.717) is 0 Å². The average Bonchev–Trinajstić information content (AvgIpc) is 3.21. The van der Waals surface area contributed by atoms with E-state index in [1.807, 2.05) is 37.3 Å². The molecule has 1 amide bonds. The molecule has 3 rings (SSSR count). The van der Waals surface area contributed by atoms with Gasteiger partial charge < -0.3 is 10.2 Å². The maximum absolute atomic E-state index is 12.4. The first-order chi connectivity index (χ1) is 11.6. The predicted octanol–water partition coefficient (Wildman–Crippen LogP) is 4.59. The van der Waals surface area contributed by atoms with E-state index in [1.165, 1.54) is 37.3 Å². The van der Waals surface area contributed by atoms with Crippen molar-refractivity contribution in [1.29, 1.82) is 0 Å². The van der Waals surface area contributed by atoms with E-state index in [2.05, 4.69) is 10.2 Å². The van der Waals surface area contributed by atoms with Crippen LogP contribution in [0.15, 0.2) is 30.3 Å². The van der Waals surface area contributed by atoms with Crippen molar-refractivity contribution >= 4 is 28.8 Å². The van der Waals surface area contributed by atoms with Crippen LogP contribution in [0, 0.1) is 6.92 Å². The molecule has 0 aliphatic carbocycles. The summed E-state index contributed by atoms with van der Waals surface area (Å²) in [7, 11) is 0. The second-order valence-electron chi connectivity index (χ2n) is 6.26. The molecule has 2 aromatic rings. The minimum atomic E-state index is 0.0252. The number of halogens is 1. The minimum absolute atomic E-state index is 0.0252. The third-order valence-electron chi connectivity index (χ3n) is 4.40. The number of thiophene rings is 1. The Morgan fingerprint density at radius 3 is 2.79 bits per heavy atom. The zero-order valence-corrected chi connectivity index (χ0v) is 15.6. The molecule has 1 fully saturated rings. The maximum atomic E-state index is 12.4. The average molecular weight is 363 g/mol. The summed E-state index contributed by atoms with van der Waals surface area (Å²) in [6.45, 7) is 6.21. The summed E-state index contributed by atoms with van der Waals surface area (Å²) in [5, 5.41) is 3.77. The number of nitrogens with zero attached hydrogens (tertiary/aromatic N) is 1. The molecule has 3 nitrogen and oxygen atoms in total. The molecule has 0 atom stereocenters. The number of nitrogens with one attached hydrogen (secondary N) is 1. The zero-order chi connectivity index (χ0) is 16.9. The van der Waals surface area contributed by atoms with Crippen molar-refractivity contribution < 1.29 is 4.79 Å². The molecule has 2 heterocycles. The number of carbonyl (C=O) groups is 1. The van der Waals surface area contributed by atoms with Crippen LogP contribution in [0.5, 0.6) is 0 Å². The molecular formula is C19H23ClN2OS. The number of carbonyl (C=O) groups excluding carboxylic acids is 1. The molecule has 1 N–H and O–H groups in total. The van der Waals surface area contributed by atoms with Gasteiger partial charge in [0.05, 0.1) is 4.88 Å². The number of hydrogen-bond donors (Lipinski definition) is 1. The Labute approximate surface area is 152 Å². The molecule has 1 aliphatic rings. The van der Waals surface area contributed by atoms with E-state index < -0.39 is 0 Å². The number of aryl methyl sites for hydroxylation is 1. The topological polar surface area (TPSA) is 32.3 Å². The largest absolute Gasteiger partial charge is 0.351 e. The van der Waals surface area contributed by atoms with Gasteiger partial charge >= 0.3 is 0 Å². The molecule has 128 valence electrons. The standard InChI is InChI=1S/C19H23ClN2OS/c1-14-13-17(15-7-2-3-8-16(15)20)24-18(14)19(23)21-9-6-12-22-10-4-5-11-22/h2-3,7-8,13H,4-6,9-12H2,1H3,(H,21,23). The van der Waals surface area contributed by atoms with Crippen molar-refractivity contribution in [2.24, 2.45) is 0 Å². The molecule has 0 unspecified atom stereocenters. The van der Waals surface area contributed by atoms with Crippen LogP contribution in [0.1, 0.15) is 34.5 Å². The van der Waals surface area contributed by atoms with Gasteiger partial charge in [0.15, 0.2) is 0 Å². The summed E-state index contributed by atoms with van der Waals surface area (Å²) in [6, 6.07) is 9.80. The monoisotopic (exact) mass is 362 g/mol. The van der Waals surface area contributed by atoms with E-state index in [9.17, 15) is 4.79 Å². The highest BCUT2D eigenvalue weighted by molar-refractivity contribution is 7.17. The van der Waals surface area contributed by atoms with Gasteiger partial charge in [-0.2, -0.15) is 0 Å². The summed E-state index contributed by atoms with van der Waals surface area (Å²) < 4.78 is 0. The highest BCUT2D eigenvalue weighted by Gasteiger charge is 2.16. The van der Waals surface area contributed by atoms with Crippen LogP contribution in [0.3, 0.4) is 0 Å². The smallest absolute Gasteiger partial charge is 0.261 e. The SMILES string of the molecule is Cc1cc(-c2ccccc2Cl)sc1C(=O)NCCCN1CCCC1. The number of amides is 1. The minimum Gasteiger partial charge on any atom is -0.351 e. The fraction of sp³-hybridized carbons (Fsp3) is 0.421. The lowest BCUT2D eigenvalue weighted by Crippen LogP contribution is -2.28. The van der Waals surface area contributed by atoms with Crippen LogP contribution < -0.4 is 5.32 Å². The second kappa shape index (κ2) is 8.15. The number of likely N-dealkylation sites (tertiary alicyclic amines) is 1. The molecule has 0 spiro atoms. The van der Waals surface area contributed by atoms with E-state index in [1.54, 1.807) is 0 Å². The van der Waals surface area contributed by atoms with Crippen LogP contribution in [0.2, 0.25) is 5.02 Å². The molecule has 1 aromatic carbocycles. The molecule has 24 heavy (non-hydrogen) atoms. The predicted molar refractivity (Wildman–Crippen MR) is 102 cm³/mol. The van der Waals surface area contributed by atoms with Crippen LogP contribution in [0.25, 0.3) is 10.4 Å². The first-order valence-electron chi connectivity index (χ1n) is 8.51. The lowest BCUT2D eigenvalue weighted by atomic mass is 10.1. The van der Waals surface area contributed by atoms with Gasteiger partial charge in [0.1, 0.15) is 0 Å². The highest BCUT2D eigenvalue weighted by atomic mass is 35.5. The quantitative estimate of drug-likeness (QED) is 0.762. The van der Waals surface area contributed by atoms with Crippen molar-refractivity contribution in [1.82, 2.24) is 10.2 Å². The summed E-state index contributed by atoms with van der Waals surface area (Å²) in [5.74, 6) is 0.0252. The van der Waals surface area contributed by atoms with Crippen molar-refractivity contribution in [3.63, 3.8) is 0 Å². The second-order valence-corrected chi connectivity index (χ2v) is 7.72. The maximum Gasteiger partial charge on any atom is 0.261 e. The third kappa shape index (κ3) is 4.18. The van der Waals surface area contributed by atoms with Crippen molar-refractivity contribution in [2.45, 2.75) is 26.2 Å². The first-order valence-corrected chi connectivity index (χ1v) is 9.70. The van der Waals surface area contributed by atoms with E-state index in [0.717, 1.165) is 45.4 Å². The molecule has 0 bridgehead atoms. The molecule has 0 radical (unpaired) electrons. The lowest BCUT2D eigenvalue weighted by molar-refractivity contribution is 0.0955. The van der Waals surface area contributed by atoms with Gasteiger partial charge in [-0.1, -0.05) is 29.8 Å². The van der Waals surface area contributed by atoms with E-state index >= 15 is 0 Å². The van der Waals surface area contributed by atoms with Gasteiger partial charge in [0, 0.05) is 22.0 Å². The molecule has 1 aliphatic heterocycles. The molecular weight excluding hydrogens is 340 g/mol. The Hall–Kier alpha value is -1.36. The Morgan fingerprint density at radius 2 is 2.04 bits per heavy atom. The normalized spacial score (nSPS) is 14.9. The third-order valence-corrected chi connectivity index (χ3v) is 6.00. The van der Waals surface area contributed by atoms with Gasteiger partial charge in [0.25, 0.3) is 5.91 Å². The van der Waals surface area contributed by atoms with Crippen LogP contribution >= 0.6 is 22.9 Å². The summed E-state index contributed by atoms with van der Waals surface area (Å²) in [4.78, 5) is 16.7. The van der Waals surface area contributed by atoms with Crippen molar-refractivity contribution in [3.8, 4) is 10.4 Å². The lowest BCUT2D eigenvalue weighted by Gasteiger charge is -2.14.